The van der Waals surface area contributed by atoms with Crippen LogP contribution in [0, 0.1) is 6.92 Å². The Balaban J connectivity index is 2.17. The van der Waals surface area contributed by atoms with Crippen LogP contribution in [0.4, 0.5) is 0 Å². The number of nitrogens with zero attached hydrogens (tertiary/aromatic N) is 2. The SMILES string of the molecule is Cc1cccnc1-n1ccc2c1CCCC2=O. The third-order valence-electron chi connectivity index (χ3n) is 3.32. The van der Waals surface area contributed by atoms with Gasteiger partial charge in [-0.25, -0.2) is 4.98 Å². The standard InChI is InChI=1S/C14H14N2O/c1-10-4-3-8-15-14(10)16-9-7-11-12(16)5-2-6-13(11)17/h3-4,7-9H,2,5-6H2,1H3. The second-order valence-electron chi connectivity index (χ2n) is 4.47. The minimum atomic E-state index is 0.263. The highest BCUT2D eigenvalue weighted by atomic mass is 16.1. The van der Waals surface area contributed by atoms with Gasteiger partial charge in [-0.3, -0.25) is 4.79 Å². The maximum atomic E-state index is 11.8. The lowest BCUT2D eigenvalue weighted by Crippen LogP contribution is -2.13. The average molecular weight is 226 g/mol. The predicted molar refractivity (Wildman–Crippen MR) is 65.6 cm³/mol. The summed E-state index contributed by atoms with van der Waals surface area (Å²) in [7, 11) is 0. The molecule has 0 aliphatic heterocycles. The molecule has 3 heteroatoms. The molecule has 1 aliphatic carbocycles. The van der Waals surface area contributed by atoms with Gasteiger partial charge in [0.2, 0.25) is 0 Å². The molecule has 3 nitrogen and oxygen atoms in total. The van der Waals surface area contributed by atoms with Crippen molar-refractivity contribution < 1.29 is 4.79 Å². The van der Waals surface area contributed by atoms with E-state index in [4.69, 9.17) is 0 Å². The summed E-state index contributed by atoms with van der Waals surface area (Å²) < 4.78 is 2.06. The molecule has 0 saturated carbocycles. The lowest BCUT2D eigenvalue weighted by atomic mass is 9.97. The van der Waals surface area contributed by atoms with E-state index in [1.165, 1.54) is 0 Å². The minimum absolute atomic E-state index is 0.263. The van der Waals surface area contributed by atoms with Gasteiger partial charge in [-0.2, -0.15) is 0 Å². The van der Waals surface area contributed by atoms with Gasteiger partial charge in [-0.05, 0) is 37.5 Å². The summed E-state index contributed by atoms with van der Waals surface area (Å²) in [5, 5.41) is 0. The van der Waals surface area contributed by atoms with Gasteiger partial charge < -0.3 is 4.57 Å². The second-order valence-corrected chi connectivity index (χ2v) is 4.47. The van der Waals surface area contributed by atoms with Crippen molar-refractivity contribution in [3.63, 3.8) is 0 Å². The fraction of sp³-hybridized carbons (Fsp3) is 0.286. The van der Waals surface area contributed by atoms with Crippen LogP contribution in [0.25, 0.3) is 5.82 Å². The molecule has 0 atom stereocenters. The first-order chi connectivity index (χ1) is 8.27. The predicted octanol–water partition coefficient (Wildman–Crippen LogP) is 2.70. The highest BCUT2D eigenvalue weighted by Crippen LogP contribution is 2.25. The maximum Gasteiger partial charge on any atom is 0.164 e. The van der Waals surface area contributed by atoms with Crippen molar-refractivity contribution >= 4 is 5.78 Å². The monoisotopic (exact) mass is 226 g/mol. The zero-order chi connectivity index (χ0) is 11.8. The van der Waals surface area contributed by atoms with Gasteiger partial charge in [-0.15, -0.1) is 0 Å². The van der Waals surface area contributed by atoms with Gasteiger partial charge in [0, 0.05) is 30.1 Å². The Morgan fingerprint density at radius 2 is 2.18 bits per heavy atom. The summed E-state index contributed by atoms with van der Waals surface area (Å²) >= 11 is 0. The van der Waals surface area contributed by atoms with Gasteiger partial charge in [0.1, 0.15) is 5.82 Å². The summed E-state index contributed by atoms with van der Waals surface area (Å²) in [6.45, 7) is 2.04. The molecule has 0 spiro atoms. The van der Waals surface area contributed by atoms with Crippen molar-refractivity contribution in [1.29, 1.82) is 0 Å². The van der Waals surface area contributed by atoms with E-state index in [2.05, 4.69) is 9.55 Å². The van der Waals surface area contributed by atoms with Crippen molar-refractivity contribution in [1.82, 2.24) is 9.55 Å². The molecule has 0 bridgehead atoms. The zero-order valence-electron chi connectivity index (χ0n) is 9.81. The Labute approximate surface area is 100 Å². The molecule has 86 valence electrons. The molecular formula is C14H14N2O. The summed E-state index contributed by atoms with van der Waals surface area (Å²) in [5.41, 5.74) is 3.12. The van der Waals surface area contributed by atoms with E-state index in [0.29, 0.717) is 6.42 Å². The quantitative estimate of drug-likeness (QED) is 0.749. The number of ketones is 1. The number of hydrogen-bond donors (Lipinski definition) is 0. The Morgan fingerprint density at radius 3 is 3.00 bits per heavy atom. The van der Waals surface area contributed by atoms with Crippen molar-refractivity contribution in [2.24, 2.45) is 0 Å². The van der Waals surface area contributed by atoms with Crippen molar-refractivity contribution in [2.75, 3.05) is 0 Å². The van der Waals surface area contributed by atoms with Crippen LogP contribution in [0.3, 0.4) is 0 Å². The molecule has 0 radical (unpaired) electrons. The molecule has 0 fully saturated rings. The highest BCUT2D eigenvalue weighted by Gasteiger charge is 2.21. The van der Waals surface area contributed by atoms with E-state index < -0.39 is 0 Å². The molecule has 0 unspecified atom stereocenters. The molecule has 0 N–H and O–H groups in total. The van der Waals surface area contributed by atoms with Crippen molar-refractivity contribution in [3.05, 3.63) is 47.4 Å². The number of Topliss-reactive ketones (excluding diaryl/α,β-unsaturated/α-hetero) is 1. The third kappa shape index (κ3) is 1.58. The minimum Gasteiger partial charge on any atom is -0.305 e. The van der Waals surface area contributed by atoms with E-state index >= 15 is 0 Å². The average Bonchev–Trinajstić information content (AvgIpc) is 2.75. The number of hydrogen-bond acceptors (Lipinski definition) is 2. The van der Waals surface area contributed by atoms with Crippen LogP contribution in [0.5, 0.6) is 0 Å². The molecule has 2 aromatic heterocycles. The number of rotatable bonds is 1. The topological polar surface area (TPSA) is 34.9 Å². The van der Waals surface area contributed by atoms with Crippen LogP contribution in [0.15, 0.2) is 30.6 Å². The van der Waals surface area contributed by atoms with Crippen molar-refractivity contribution in [2.45, 2.75) is 26.2 Å². The number of aromatic nitrogens is 2. The van der Waals surface area contributed by atoms with Crippen molar-refractivity contribution in [3.8, 4) is 5.82 Å². The van der Waals surface area contributed by atoms with E-state index in [0.717, 1.165) is 35.5 Å². The summed E-state index contributed by atoms with van der Waals surface area (Å²) in [4.78, 5) is 16.2. The van der Waals surface area contributed by atoms with Gasteiger partial charge in [0.15, 0.2) is 5.78 Å². The Morgan fingerprint density at radius 1 is 1.29 bits per heavy atom. The van der Waals surface area contributed by atoms with Gasteiger partial charge in [0.05, 0.1) is 0 Å². The first kappa shape index (κ1) is 10.3. The first-order valence-electron chi connectivity index (χ1n) is 5.93. The molecular weight excluding hydrogens is 212 g/mol. The number of fused-ring (bicyclic) bond motifs is 1. The molecule has 1 aliphatic rings. The summed E-state index contributed by atoms with van der Waals surface area (Å²) in [6, 6.07) is 5.89. The molecule has 3 rings (SSSR count). The normalized spacial score (nSPS) is 14.8. The Hall–Kier alpha value is -1.90. The van der Waals surface area contributed by atoms with E-state index in [9.17, 15) is 4.79 Å². The fourth-order valence-corrected chi connectivity index (χ4v) is 2.45. The summed E-state index contributed by atoms with van der Waals surface area (Å²) in [6.07, 6.45) is 6.34. The van der Waals surface area contributed by atoms with Crippen LogP contribution in [-0.2, 0) is 6.42 Å². The summed E-state index contributed by atoms with van der Waals surface area (Å²) in [5.74, 6) is 1.20. The van der Waals surface area contributed by atoms with Gasteiger partial charge in [-0.1, -0.05) is 6.07 Å². The number of carbonyl (C=O) groups is 1. The molecule has 0 aromatic carbocycles. The Kier molecular flexibility index (Phi) is 2.32. The second kappa shape index (κ2) is 3.84. The number of pyridine rings is 1. The van der Waals surface area contributed by atoms with E-state index in [1.807, 2.05) is 31.3 Å². The fourth-order valence-electron chi connectivity index (χ4n) is 2.45. The molecule has 0 amide bonds. The maximum absolute atomic E-state index is 11.8. The molecule has 17 heavy (non-hydrogen) atoms. The van der Waals surface area contributed by atoms with E-state index in [-0.39, 0.29) is 5.78 Å². The van der Waals surface area contributed by atoms with Crippen LogP contribution >= 0.6 is 0 Å². The van der Waals surface area contributed by atoms with Crippen LogP contribution < -0.4 is 0 Å². The van der Waals surface area contributed by atoms with E-state index in [1.54, 1.807) is 6.20 Å². The lowest BCUT2D eigenvalue weighted by molar-refractivity contribution is 0.0972. The third-order valence-corrected chi connectivity index (χ3v) is 3.32. The largest absolute Gasteiger partial charge is 0.305 e. The molecule has 2 aromatic rings. The highest BCUT2D eigenvalue weighted by molar-refractivity contribution is 5.98. The smallest absolute Gasteiger partial charge is 0.164 e. The van der Waals surface area contributed by atoms with Gasteiger partial charge in [0.25, 0.3) is 0 Å². The van der Waals surface area contributed by atoms with Gasteiger partial charge >= 0.3 is 0 Å². The lowest BCUT2D eigenvalue weighted by Gasteiger charge is -2.15. The number of carbonyl (C=O) groups excluding carboxylic acids is 1. The van der Waals surface area contributed by atoms with Crippen LogP contribution in [-0.4, -0.2) is 15.3 Å². The van der Waals surface area contributed by atoms with Crippen LogP contribution in [0.2, 0.25) is 0 Å². The van der Waals surface area contributed by atoms with Crippen LogP contribution in [0.1, 0.15) is 34.5 Å². The molecule has 0 saturated heterocycles. The first-order valence-corrected chi connectivity index (χ1v) is 5.93. The Bertz CT molecular complexity index is 584. The zero-order valence-corrected chi connectivity index (χ0v) is 9.81. The molecule has 2 heterocycles. The number of aryl methyl sites for hydroxylation is 1.